The van der Waals surface area contributed by atoms with E-state index in [1.165, 1.54) is 22.6 Å². The number of ether oxygens (including phenoxy) is 1. The molecule has 1 atom stereocenters. The second-order valence-corrected chi connectivity index (χ2v) is 6.30. The quantitative estimate of drug-likeness (QED) is 0.938. The van der Waals surface area contributed by atoms with E-state index in [0.717, 1.165) is 6.42 Å². The summed E-state index contributed by atoms with van der Waals surface area (Å²) in [4.78, 5) is 1.21. The van der Waals surface area contributed by atoms with Crippen LogP contribution in [0, 0.1) is 11.6 Å². The maximum Gasteiger partial charge on any atom is 0.190 e. The van der Waals surface area contributed by atoms with Gasteiger partial charge in [-0.1, -0.05) is 18.2 Å². The Balaban J connectivity index is 1.67. The number of hydrogen-bond acceptors (Lipinski definition) is 3. The molecule has 0 aliphatic carbocycles. The molecule has 1 aliphatic heterocycles. The molecular weight excluding hydrogens is 292 g/mol. The average Bonchev–Trinajstić information content (AvgIpc) is 2.88. The van der Waals surface area contributed by atoms with E-state index in [4.69, 9.17) is 10.5 Å². The summed E-state index contributed by atoms with van der Waals surface area (Å²) in [6, 6.07) is 10.5. The van der Waals surface area contributed by atoms with Gasteiger partial charge in [0.15, 0.2) is 17.4 Å². The zero-order chi connectivity index (χ0) is 14.8. The van der Waals surface area contributed by atoms with Gasteiger partial charge < -0.3 is 10.5 Å². The molecule has 0 bridgehead atoms. The lowest BCUT2D eigenvalue weighted by molar-refractivity contribution is 0.285. The van der Waals surface area contributed by atoms with Crippen molar-refractivity contribution < 1.29 is 13.5 Å². The minimum atomic E-state index is -0.698. The fourth-order valence-corrected chi connectivity index (χ4v) is 3.61. The first-order chi connectivity index (χ1) is 10.2. The fourth-order valence-electron chi connectivity index (χ4n) is 2.39. The molecule has 1 heterocycles. The van der Waals surface area contributed by atoms with Crippen molar-refractivity contribution in [1.82, 2.24) is 0 Å². The number of benzene rings is 2. The monoisotopic (exact) mass is 307 g/mol. The van der Waals surface area contributed by atoms with Gasteiger partial charge in [-0.05, 0) is 35.7 Å². The van der Waals surface area contributed by atoms with Crippen LogP contribution in [-0.4, -0.2) is 11.9 Å². The first kappa shape index (κ1) is 14.4. The minimum absolute atomic E-state index is 0.0991. The molecule has 21 heavy (non-hydrogen) atoms. The molecule has 1 aliphatic rings. The molecule has 0 radical (unpaired) electrons. The molecule has 2 N–H and O–H groups in total. The smallest absolute Gasteiger partial charge is 0.190 e. The number of thioether (sulfide) groups is 1. The Kier molecular flexibility index (Phi) is 4.12. The molecule has 0 aromatic heterocycles. The first-order valence-corrected chi connectivity index (χ1v) is 7.60. The third kappa shape index (κ3) is 3.04. The van der Waals surface area contributed by atoms with E-state index in [2.05, 4.69) is 12.1 Å². The molecule has 0 saturated carbocycles. The van der Waals surface area contributed by atoms with Gasteiger partial charge in [-0.3, -0.25) is 0 Å². The SMILES string of the molecule is NCc1cc(F)c(OCC2Cc3ccccc3S2)c(F)c1. The second-order valence-electron chi connectivity index (χ2n) is 4.96. The largest absolute Gasteiger partial charge is 0.486 e. The van der Waals surface area contributed by atoms with E-state index < -0.39 is 11.6 Å². The molecule has 0 spiro atoms. The Hall–Kier alpha value is -1.59. The van der Waals surface area contributed by atoms with Crippen molar-refractivity contribution >= 4 is 11.8 Å². The van der Waals surface area contributed by atoms with Crippen LogP contribution in [0.25, 0.3) is 0 Å². The van der Waals surface area contributed by atoms with Crippen molar-refractivity contribution in [3.8, 4) is 5.75 Å². The molecule has 0 fully saturated rings. The van der Waals surface area contributed by atoms with E-state index in [0.29, 0.717) is 5.56 Å². The lowest BCUT2D eigenvalue weighted by Gasteiger charge is -2.13. The minimum Gasteiger partial charge on any atom is -0.486 e. The first-order valence-electron chi connectivity index (χ1n) is 6.72. The van der Waals surface area contributed by atoms with Crippen LogP contribution in [0.4, 0.5) is 8.78 Å². The van der Waals surface area contributed by atoms with E-state index in [9.17, 15) is 8.78 Å². The van der Waals surface area contributed by atoms with Crippen molar-refractivity contribution in [3.05, 3.63) is 59.2 Å². The summed E-state index contributed by atoms with van der Waals surface area (Å²) in [7, 11) is 0. The number of rotatable bonds is 4. The summed E-state index contributed by atoms with van der Waals surface area (Å²) in [6.45, 7) is 0.372. The van der Waals surface area contributed by atoms with E-state index in [-0.39, 0.29) is 24.2 Å². The maximum absolute atomic E-state index is 13.8. The normalized spacial score (nSPS) is 16.8. The lowest BCUT2D eigenvalue weighted by atomic mass is 10.1. The van der Waals surface area contributed by atoms with Gasteiger partial charge in [0.05, 0.1) is 0 Å². The maximum atomic E-state index is 13.8. The molecule has 3 rings (SSSR count). The highest BCUT2D eigenvalue weighted by atomic mass is 32.2. The van der Waals surface area contributed by atoms with Crippen LogP contribution in [0.2, 0.25) is 0 Å². The average molecular weight is 307 g/mol. The van der Waals surface area contributed by atoms with Crippen molar-refractivity contribution in [3.63, 3.8) is 0 Å². The molecule has 0 amide bonds. The van der Waals surface area contributed by atoms with Crippen LogP contribution in [-0.2, 0) is 13.0 Å². The van der Waals surface area contributed by atoms with Gasteiger partial charge in [0, 0.05) is 16.7 Å². The van der Waals surface area contributed by atoms with Gasteiger partial charge >= 0.3 is 0 Å². The van der Waals surface area contributed by atoms with Gasteiger partial charge in [0.25, 0.3) is 0 Å². The Labute approximate surface area is 126 Å². The molecular formula is C16H15F2NOS. The van der Waals surface area contributed by atoms with Crippen molar-refractivity contribution in [2.24, 2.45) is 5.73 Å². The molecule has 2 aromatic rings. The summed E-state index contributed by atoms with van der Waals surface area (Å²) < 4.78 is 33.0. The van der Waals surface area contributed by atoms with Gasteiger partial charge in [0.1, 0.15) is 6.61 Å². The van der Waals surface area contributed by atoms with Gasteiger partial charge in [-0.15, -0.1) is 11.8 Å². The van der Waals surface area contributed by atoms with Gasteiger partial charge in [0.2, 0.25) is 0 Å². The Morgan fingerprint density at radius 1 is 1.19 bits per heavy atom. The van der Waals surface area contributed by atoms with Gasteiger partial charge in [-0.2, -0.15) is 0 Å². The van der Waals surface area contributed by atoms with Crippen molar-refractivity contribution in [1.29, 1.82) is 0 Å². The summed E-state index contributed by atoms with van der Waals surface area (Å²) in [6.07, 6.45) is 0.852. The highest BCUT2D eigenvalue weighted by Crippen LogP contribution is 2.37. The molecule has 0 saturated heterocycles. The third-order valence-corrected chi connectivity index (χ3v) is 4.71. The number of nitrogens with two attached hydrogens (primary N) is 1. The number of hydrogen-bond donors (Lipinski definition) is 1. The van der Waals surface area contributed by atoms with Gasteiger partial charge in [-0.25, -0.2) is 8.78 Å². The zero-order valence-electron chi connectivity index (χ0n) is 11.3. The van der Waals surface area contributed by atoms with E-state index in [1.54, 1.807) is 11.8 Å². The molecule has 5 heteroatoms. The number of halogens is 2. The molecule has 2 aromatic carbocycles. The predicted octanol–water partition coefficient (Wildman–Crippen LogP) is 3.52. The van der Waals surface area contributed by atoms with Crippen molar-refractivity contribution in [2.75, 3.05) is 6.61 Å². The third-order valence-electron chi connectivity index (χ3n) is 3.42. The fraction of sp³-hybridized carbons (Fsp3) is 0.250. The van der Waals surface area contributed by atoms with E-state index in [1.807, 2.05) is 12.1 Å². The zero-order valence-corrected chi connectivity index (χ0v) is 12.1. The number of fused-ring (bicyclic) bond motifs is 1. The molecule has 1 unspecified atom stereocenters. The Morgan fingerprint density at radius 3 is 2.57 bits per heavy atom. The van der Waals surface area contributed by atoms with Crippen LogP contribution in [0.15, 0.2) is 41.3 Å². The van der Waals surface area contributed by atoms with Crippen LogP contribution in [0.5, 0.6) is 5.75 Å². The summed E-state index contributed by atoms with van der Waals surface area (Å²) in [5, 5.41) is 0.176. The molecule has 110 valence electrons. The highest BCUT2D eigenvalue weighted by molar-refractivity contribution is 8.00. The Bertz CT molecular complexity index is 614. The summed E-state index contributed by atoms with van der Waals surface area (Å²) in [5.74, 6) is -1.71. The van der Waals surface area contributed by atoms with Crippen molar-refractivity contribution in [2.45, 2.75) is 23.1 Å². The Morgan fingerprint density at radius 2 is 1.90 bits per heavy atom. The lowest BCUT2D eigenvalue weighted by Crippen LogP contribution is -2.15. The van der Waals surface area contributed by atoms with Crippen LogP contribution < -0.4 is 10.5 Å². The standard InChI is InChI=1S/C16H15F2NOS/c17-13-5-10(8-19)6-14(18)16(13)20-9-12-7-11-3-1-2-4-15(11)21-12/h1-6,12H,7-9,19H2. The summed E-state index contributed by atoms with van der Waals surface area (Å²) >= 11 is 1.68. The summed E-state index contributed by atoms with van der Waals surface area (Å²) in [5.41, 5.74) is 7.06. The second kappa shape index (κ2) is 6.03. The predicted molar refractivity (Wildman–Crippen MR) is 79.5 cm³/mol. The van der Waals surface area contributed by atoms with E-state index >= 15 is 0 Å². The topological polar surface area (TPSA) is 35.2 Å². The molecule has 2 nitrogen and oxygen atoms in total. The highest BCUT2D eigenvalue weighted by Gasteiger charge is 2.23. The van der Waals surface area contributed by atoms with Crippen LogP contribution in [0.3, 0.4) is 0 Å². The van der Waals surface area contributed by atoms with Crippen LogP contribution in [0.1, 0.15) is 11.1 Å². The van der Waals surface area contributed by atoms with Crippen LogP contribution >= 0.6 is 11.8 Å².